The van der Waals surface area contributed by atoms with E-state index in [9.17, 15) is 4.79 Å². The summed E-state index contributed by atoms with van der Waals surface area (Å²) >= 11 is 1.50. The molecule has 0 aliphatic carbocycles. The van der Waals surface area contributed by atoms with Crippen molar-refractivity contribution in [2.24, 2.45) is 0 Å². The molecule has 0 fully saturated rings. The zero-order valence-corrected chi connectivity index (χ0v) is 12.9. The zero-order valence-electron chi connectivity index (χ0n) is 12.1. The summed E-state index contributed by atoms with van der Waals surface area (Å²) in [6, 6.07) is 0. The van der Waals surface area contributed by atoms with E-state index in [-0.39, 0.29) is 12.0 Å². The Morgan fingerprint density at radius 1 is 1.58 bits per heavy atom. The third kappa shape index (κ3) is 5.67. The first-order valence-electron chi connectivity index (χ1n) is 6.59. The van der Waals surface area contributed by atoms with Crippen LogP contribution in [0.1, 0.15) is 33.4 Å². The second-order valence-electron chi connectivity index (χ2n) is 4.48. The van der Waals surface area contributed by atoms with Gasteiger partial charge in [-0.2, -0.15) is 0 Å². The summed E-state index contributed by atoms with van der Waals surface area (Å²) in [7, 11) is 0. The second kappa shape index (κ2) is 8.24. The van der Waals surface area contributed by atoms with Crippen molar-refractivity contribution in [3.63, 3.8) is 0 Å². The van der Waals surface area contributed by atoms with Crippen molar-refractivity contribution in [3.05, 3.63) is 11.1 Å². The van der Waals surface area contributed by atoms with Crippen LogP contribution in [0.3, 0.4) is 0 Å². The molecule has 1 rings (SSSR count). The van der Waals surface area contributed by atoms with Gasteiger partial charge in [-0.15, -0.1) is 11.3 Å². The van der Waals surface area contributed by atoms with Gasteiger partial charge in [-0.05, 0) is 20.8 Å². The number of anilines is 1. The smallest absolute Gasteiger partial charge is 0.225 e. The fourth-order valence-electron chi connectivity index (χ4n) is 1.58. The van der Waals surface area contributed by atoms with Gasteiger partial charge in [-0.1, -0.05) is 0 Å². The van der Waals surface area contributed by atoms with E-state index in [1.54, 1.807) is 11.8 Å². The largest absolute Gasteiger partial charge is 0.377 e. The van der Waals surface area contributed by atoms with E-state index < -0.39 is 0 Å². The molecular weight excluding hydrogens is 262 g/mol. The van der Waals surface area contributed by atoms with E-state index in [2.05, 4.69) is 10.3 Å². The van der Waals surface area contributed by atoms with Crippen LogP contribution in [0.5, 0.6) is 0 Å². The van der Waals surface area contributed by atoms with Crippen molar-refractivity contribution < 1.29 is 9.53 Å². The van der Waals surface area contributed by atoms with Crippen LogP contribution in [-0.4, -0.2) is 36.7 Å². The van der Waals surface area contributed by atoms with Crippen LogP contribution >= 0.6 is 11.3 Å². The summed E-state index contributed by atoms with van der Waals surface area (Å²) in [6.07, 6.45) is 0.265. The molecule has 0 aliphatic rings. The molecule has 1 amide bonds. The maximum Gasteiger partial charge on any atom is 0.225 e. The molecule has 0 aromatic carbocycles. The van der Waals surface area contributed by atoms with E-state index in [1.165, 1.54) is 11.3 Å². The van der Waals surface area contributed by atoms with Gasteiger partial charge in [0.1, 0.15) is 0 Å². The average Bonchev–Trinajstić information content (AvgIpc) is 2.77. The van der Waals surface area contributed by atoms with Crippen LogP contribution in [0, 0.1) is 0 Å². The second-order valence-corrected chi connectivity index (χ2v) is 5.32. The highest BCUT2D eigenvalue weighted by Crippen LogP contribution is 2.20. The number of carbonyl (C=O) groups excluding carboxylic acids is 1. The molecule has 0 atom stereocenters. The van der Waals surface area contributed by atoms with Crippen LogP contribution in [0.4, 0.5) is 5.13 Å². The minimum Gasteiger partial charge on any atom is -0.377 e. The van der Waals surface area contributed by atoms with Crippen LogP contribution in [0.2, 0.25) is 0 Å². The Hall–Kier alpha value is -0.980. The van der Waals surface area contributed by atoms with Gasteiger partial charge in [-0.3, -0.25) is 9.69 Å². The standard InChI is InChI=1S/C13H23N3O2S/c1-5-16(11(4)17)13-15-12(9-19-13)8-14-6-7-18-10(2)3/h9-10,14H,5-8H2,1-4H3. The summed E-state index contributed by atoms with van der Waals surface area (Å²) in [5.41, 5.74) is 0.962. The number of thiazole rings is 1. The molecule has 6 heteroatoms. The van der Waals surface area contributed by atoms with Crippen molar-refractivity contribution in [2.45, 2.75) is 40.3 Å². The average molecular weight is 285 g/mol. The van der Waals surface area contributed by atoms with E-state index in [4.69, 9.17) is 4.74 Å². The Kier molecular flexibility index (Phi) is 6.97. The molecule has 19 heavy (non-hydrogen) atoms. The molecule has 0 spiro atoms. The highest BCUT2D eigenvalue weighted by atomic mass is 32.1. The number of aromatic nitrogens is 1. The lowest BCUT2D eigenvalue weighted by Crippen LogP contribution is -2.27. The Balaban J connectivity index is 2.36. The Morgan fingerprint density at radius 3 is 2.89 bits per heavy atom. The summed E-state index contributed by atoms with van der Waals surface area (Å²) in [5, 5.41) is 6.02. The number of hydrogen-bond donors (Lipinski definition) is 1. The molecule has 0 unspecified atom stereocenters. The van der Waals surface area contributed by atoms with E-state index in [0.29, 0.717) is 19.7 Å². The number of nitrogens with one attached hydrogen (secondary N) is 1. The van der Waals surface area contributed by atoms with Gasteiger partial charge in [0.15, 0.2) is 5.13 Å². The normalized spacial score (nSPS) is 11.0. The predicted molar refractivity (Wildman–Crippen MR) is 78.6 cm³/mol. The number of hydrogen-bond acceptors (Lipinski definition) is 5. The fourth-order valence-corrected chi connectivity index (χ4v) is 2.51. The van der Waals surface area contributed by atoms with Crippen molar-refractivity contribution in [1.29, 1.82) is 0 Å². The van der Waals surface area contributed by atoms with E-state index >= 15 is 0 Å². The third-order valence-corrected chi connectivity index (χ3v) is 3.42. The molecule has 0 bridgehead atoms. The monoisotopic (exact) mass is 285 g/mol. The maximum atomic E-state index is 11.4. The highest BCUT2D eigenvalue weighted by Gasteiger charge is 2.12. The van der Waals surface area contributed by atoms with Gasteiger partial charge in [0.25, 0.3) is 0 Å². The molecule has 5 nitrogen and oxygen atoms in total. The van der Waals surface area contributed by atoms with Gasteiger partial charge in [0.05, 0.1) is 18.4 Å². The molecule has 1 N–H and O–H groups in total. The Bertz CT molecular complexity index is 393. The topological polar surface area (TPSA) is 54.5 Å². The Morgan fingerprint density at radius 2 is 2.32 bits per heavy atom. The minimum absolute atomic E-state index is 0.0293. The molecule has 1 aromatic rings. The van der Waals surface area contributed by atoms with Crippen LogP contribution < -0.4 is 10.2 Å². The quantitative estimate of drug-likeness (QED) is 0.743. The molecule has 108 valence electrons. The molecule has 1 aromatic heterocycles. The molecule has 0 radical (unpaired) electrons. The lowest BCUT2D eigenvalue weighted by Gasteiger charge is -2.14. The van der Waals surface area contributed by atoms with Crippen molar-refractivity contribution in [1.82, 2.24) is 10.3 Å². The van der Waals surface area contributed by atoms with E-state index in [1.807, 2.05) is 26.2 Å². The first kappa shape index (κ1) is 16.1. The number of ether oxygens (including phenoxy) is 1. The van der Waals surface area contributed by atoms with Crippen molar-refractivity contribution >= 4 is 22.4 Å². The SMILES string of the molecule is CCN(C(C)=O)c1nc(CNCCOC(C)C)cs1. The molecule has 0 saturated heterocycles. The molecule has 0 saturated carbocycles. The van der Waals surface area contributed by atoms with Crippen molar-refractivity contribution in [3.8, 4) is 0 Å². The molecule has 0 aliphatic heterocycles. The van der Waals surface area contributed by atoms with Crippen LogP contribution in [0.15, 0.2) is 5.38 Å². The van der Waals surface area contributed by atoms with E-state index in [0.717, 1.165) is 17.4 Å². The van der Waals surface area contributed by atoms with Gasteiger partial charge in [0, 0.05) is 31.9 Å². The van der Waals surface area contributed by atoms with Crippen LogP contribution in [0.25, 0.3) is 0 Å². The lowest BCUT2D eigenvalue weighted by atomic mass is 10.4. The summed E-state index contributed by atoms with van der Waals surface area (Å²) in [4.78, 5) is 17.5. The molecule has 1 heterocycles. The number of rotatable bonds is 8. The fraction of sp³-hybridized carbons (Fsp3) is 0.692. The third-order valence-electron chi connectivity index (χ3n) is 2.50. The summed E-state index contributed by atoms with van der Waals surface area (Å²) in [5.74, 6) is 0.0293. The first-order valence-corrected chi connectivity index (χ1v) is 7.47. The number of carbonyl (C=O) groups is 1. The van der Waals surface area contributed by atoms with Crippen molar-refractivity contribution in [2.75, 3.05) is 24.6 Å². The predicted octanol–water partition coefficient (Wildman–Crippen LogP) is 2.03. The zero-order chi connectivity index (χ0) is 14.3. The number of amides is 1. The minimum atomic E-state index is 0.0293. The maximum absolute atomic E-state index is 11.4. The Labute approximate surface area is 119 Å². The lowest BCUT2D eigenvalue weighted by molar-refractivity contribution is -0.116. The van der Waals surface area contributed by atoms with Gasteiger partial charge < -0.3 is 10.1 Å². The molecular formula is C13H23N3O2S. The van der Waals surface area contributed by atoms with Gasteiger partial charge in [0.2, 0.25) is 5.91 Å². The van der Waals surface area contributed by atoms with Crippen LogP contribution in [-0.2, 0) is 16.1 Å². The first-order chi connectivity index (χ1) is 9.04. The summed E-state index contributed by atoms with van der Waals surface area (Å²) in [6.45, 7) is 10.4. The highest BCUT2D eigenvalue weighted by molar-refractivity contribution is 7.14. The number of nitrogens with zero attached hydrogens (tertiary/aromatic N) is 2. The van der Waals surface area contributed by atoms with Gasteiger partial charge >= 0.3 is 0 Å². The van der Waals surface area contributed by atoms with Gasteiger partial charge in [-0.25, -0.2) is 4.98 Å². The summed E-state index contributed by atoms with van der Waals surface area (Å²) < 4.78 is 5.44.